The molecule has 0 fully saturated rings. The number of carbonyl (C=O) groups is 1. The maximum Gasteiger partial charge on any atom is 0.305 e. The molecule has 2 aromatic carbocycles. The second kappa shape index (κ2) is 11.4. The number of hydrogen-bond donors (Lipinski definition) is 0. The Bertz CT molecular complexity index is 772. The molecule has 154 valence electrons. The minimum Gasteiger partial charge on any atom is -0.490 e. The second-order valence-electron chi connectivity index (χ2n) is 6.97. The maximum atomic E-state index is 11.4. The molecule has 1 heterocycles. The SMILES string of the molecule is COC(=O)CCC1=CC[C@@H](OCc2ccccc2)[C@H](COCc2ccccc2)O1. The van der Waals surface area contributed by atoms with Crippen molar-refractivity contribution in [1.82, 2.24) is 0 Å². The van der Waals surface area contributed by atoms with Crippen LogP contribution in [0.2, 0.25) is 0 Å². The zero-order valence-electron chi connectivity index (χ0n) is 16.8. The summed E-state index contributed by atoms with van der Waals surface area (Å²) in [4.78, 5) is 11.4. The predicted molar refractivity (Wildman–Crippen MR) is 110 cm³/mol. The van der Waals surface area contributed by atoms with Gasteiger partial charge in [0.1, 0.15) is 12.2 Å². The molecule has 0 amide bonds. The number of carbonyl (C=O) groups excluding carboxylic acids is 1. The first-order valence-corrected chi connectivity index (χ1v) is 9.94. The fourth-order valence-electron chi connectivity index (χ4n) is 3.17. The summed E-state index contributed by atoms with van der Waals surface area (Å²) in [5.74, 6) is 0.553. The first-order valence-electron chi connectivity index (χ1n) is 9.94. The van der Waals surface area contributed by atoms with E-state index < -0.39 is 0 Å². The molecule has 29 heavy (non-hydrogen) atoms. The van der Waals surface area contributed by atoms with Crippen LogP contribution in [-0.4, -0.2) is 31.9 Å². The van der Waals surface area contributed by atoms with Gasteiger partial charge in [-0.2, -0.15) is 0 Å². The lowest BCUT2D eigenvalue weighted by molar-refractivity contribution is -0.141. The fraction of sp³-hybridized carbons (Fsp3) is 0.375. The van der Waals surface area contributed by atoms with Crippen molar-refractivity contribution in [3.8, 4) is 0 Å². The van der Waals surface area contributed by atoms with Crippen molar-refractivity contribution >= 4 is 5.97 Å². The standard InChI is InChI=1S/C24H28O5/c1-26-24(25)15-13-21-12-14-22(28-17-20-10-6-3-7-11-20)23(29-21)18-27-16-19-8-4-2-5-9-19/h2-12,22-23H,13-18H2,1H3/t22-,23+/m1/s1. The number of methoxy groups -OCH3 is 1. The predicted octanol–water partition coefficient (Wildman–Crippen LogP) is 4.41. The number of allylic oxidation sites excluding steroid dienone is 1. The summed E-state index contributed by atoms with van der Waals surface area (Å²) in [5, 5.41) is 0. The highest BCUT2D eigenvalue weighted by molar-refractivity contribution is 5.69. The summed E-state index contributed by atoms with van der Waals surface area (Å²) < 4.78 is 22.9. The van der Waals surface area contributed by atoms with Crippen LogP contribution in [0.15, 0.2) is 72.5 Å². The van der Waals surface area contributed by atoms with Crippen LogP contribution in [0.4, 0.5) is 0 Å². The van der Waals surface area contributed by atoms with E-state index in [0.717, 1.165) is 23.3 Å². The second-order valence-corrected chi connectivity index (χ2v) is 6.97. The van der Waals surface area contributed by atoms with Crippen LogP contribution in [0.5, 0.6) is 0 Å². The van der Waals surface area contributed by atoms with E-state index in [1.807, 2.05) is 66.7 Å². The maximum absolute atomic E-state index is 11.4. The third kappa shape index (κ3) is 7.04. The highest BCUT2D eigenvalue weighted by atomic mass is 16.6. The number of benzene rings is 2. The van der Waals surface area contributed by atoms with E-state index in [2.05, 4.69) is 0 Å². The van der Waals surface area contributed by atoms with E-state index >= 15 is 0 Å². The van der Waals surface area contributed by atoms with Crippen LogP contribution in [0, 0.1) is 0 Å². The van der Waals surface area contributed by atoms with Crippen LogP contribution >= 0.6 is 0 Å². The summed E-state index contributed by atoms with van der Waals surface area (Å²) in [6.07, 6.45) is 3.23. The minimum absolute atomic E-state index is 0.104. The van der Waals surface area contributed by atoms with Gasteiger partial charge in [-0.25, -0.2) is 0 Å². The average molecular weight is 396 g/mol. The molecule has 0 aromatic heterocycles. The summed E-state index contributed by atoms with van der Waals surface area (Å²) in [5.41, 5.74) is 2.24. The van der Waals surface area contributed by atoms with Gasteiger partial charge in [0.15, 0.2) is 0 Å². The lowest BCUT2D eigenvalue weighted by Gasteiger charge is -2.32. The van der Waals surface area contributed by atoms with Crippen molar-refractivity contribution in [3.63, 3.8) is 0 Å². The van der Waals surface area contributed by atoms with Crippen molar-refractivity contribution < 1.29 is 23.7 Å². The Morgan fingerprint density at radius 3 is 2.31 bits per heavy atom. The summed E-state index contributed by atoms with van der Waals surface area (Å²) in [6, 6.07) is 20.1. The van der Waals surface area contributed by atoms with Gasteiger partial charge < -0.3 is 18.9 Å². The van der Waals surface area contributed by atoms with Crippen molar-refractivity contribution in [1.29, 1.82) is 0 Å². The first kappa shape index (κ1) is 21.1. The van der Waals surface area contributed by atoms with Gasteiger partial charge in [0.25, 0.3) is 0 Å². The van der Waals surface area contributed by atoms with E-state index in [0.29, 0.717) is 32.7 Å². The van der Waals surface area contributed by atoms with Gasteiger partial charge in [0.05, 0.1) is 39.1 Å². The Hall–Kier alpha value is -2.63. The van der Waals surface area contributed by atoms with Gasteiger partial charge in [-0.05, 0) is 23.6 Å². The minimum atomic E-state index is -0.242. The molecule has 0 spiro atoms. The van der Waals surface area contributed by atoms with Crippen molar-refractivity contribution in [2.45, 2.75) is 44.7 Å². The molecular formula is C24H28O5. The normalized spacial score (nSPS) is 18.6. The van der Waals surface area contributed by atoms with E-state index in [1.165, 1.54) is 7.11 Å². The Morgan fingerprint density at radius 1 is 1.00 bits per heavy atom. The van der Waals surface area contributed by atoms with E-state index in [9.17, 15) is 4.79 Å². The van der Waals surface area contributed by atoms with Gasteiger partial charge in [-0.15, -0.1) is 0 Å². The molecule has 1 aliphatic heterocycles. The molecule has 1 aliphatic rings. The molecule has 3 rings (SSSR count). The van der Waals surface area contributed by atoms with Crippen molar-refractivity contribution in [2.24, 2.45) is 0 Å². The number of ether oxygens (including phenoxy) is 4. The molecule has 5 nitrogen and oxygen atoms in total. The Balaban J connectivity index is 1.56. The number of rotatable bonds is 10. The molecule has 0 saturated carbocycles. The first-order chi connectivity index (χ1) is 14.2. The zero-order valence-corrected chi connectivity index (χ0v) is 16.8. The van der Waals surface area contributed by atoms with Gasteiger partial charge in [0.2, 0.25) is 0 Å². The topological polar surface area (TPSA) is 54.0 Å². The molecule has 2 atom stereocenters. The molecule has 0 N–H and O–H groups in total. The fourth-order valence-corrected chi connectivity index (χ4v) is 3.17. The highest BCUT2D eigenvalue weighted by Crippen LogP contribution is 2.25. The summed E-state index contributed by atoms with van der Waals surface area (Å²) in [7, 11) is 1.39. The van der Waals surface area contributed by atoms with Gasteiger partial charge in [-0.1, -0.05) is 60.7 Å². The van der Waals surface area contributed by atoms with Crippen molar-refractivity contribution in [3.05, 3.63) is 83.6 Å². The van der Waals surface area contributed by atoms with Gasteiger partial charge in [-0.3, -0.25) is 4.79 Å². The van der Waals surface area contributed by atoms with Gasteiger partial charge in [0, 0.05) is 6.42 Å². The monoisotopic (exact) mass is 396 g/mol. The summed E-state index contributed by atoms with van der Waals surface area (Å²) in [6.45, 7) is 1.46. The van der Waals surface area contributed by atoms with E-state index in [1.54, 1.807) is 0 Å². The smallest absolute Gasteiger partial charge is 0.305 e. The molecule has 0 aliphatic carbocycles. The number of hydrogen-bond acceptors (Lipinski definition) is 5. The molecule has 0 saturated heterocycles. The highest BCUT2D eigenvalue weighted by Gasteiger charge is 2.28. The summed E-state index contributed by atoms with van der Waals surface area (Å²) >= 11 is 0. The zero-order chi connectivity index (χ0) is 20.3. The Kier molecular flexibility index (Phi) is 8.28. The molecule has 5 heteroatoms. The lowest BCUT2D eigenvalue weighted by Crippen LogP contribution is -2.37. The van der Waals surface area contributed by atoms with Crippen LogP contribution < -0.4 is 0 Å². The third-order valence-electron chi connectivity index (χ3n) is 4.80. The molecule has 0 radical (unpaired) electrons. The van der Waals surface area contributed by atoms with Crippen LogP contribution in [0.1, 0.15) is 30.4 Å². The molecule has 0 unspecified atom stereocenters. The molecular weight excluding hydrogens is 368 g/mol. The average Bonchev–Trinajstić information content (AvgIpc) is 2.78. The molecule has 2 aromatic rings. The van der Waals surface area contributed by atoms with Gasteiger partial charge >= 0.3 is 5.97 Å². The van der Waals surface area contributed by atoms with E-state index in [4.69, 9.17) is 18.9 Å². The lowest BCUT2D eigenvalue weighted by atomic mass is 10.1. The van der Waals surface area contributed by atoms with Crippen LogP contribution in [-0.2, 0) is 37.0 Å². The third-order valence-corrected chi connectivity index (χ3v) is 4.80. The molecule has 0 bridgehead atoms. The Morgan fingerprint density at radius 2 is 1.66 bits per heavy atom. The quantitative estimate of drug-likeness (QED) is 0.557. The van der Waals surface area contributed by atoms with Crippen molar-refractivity contribution in [2.75, 3.05) is 13.7 Å². The van der Waals surface area contributed by atoms with E-state index in [-0.39, 0.29) is 18.2 Å². The van der Waals surface area contributed by atoms with Crippen LogP contribution in [0.25, 0.3) is 0 Å². The van der Waals surface area contributed by atoms with Crippen LogP contribution in [0.3, 0.4) is 0 Å². The Labute approximate surface area is 172 Å². The largest absolute Gasteiger partial charge is 0.490 e. The number of esters is 1.